The molecule has 0 radical (unpaired) electrons. The Bertz CT molecular complexity index is 1140. The molecule has 6 nitrogen and oxygen atoms in total. The summed E-state index contributed by atoms with van der Waals surface area (Å²) in [6.07, 6.45) is 0. The van der Waals surface area contributed by atoms with E-state index in [4.69, 9.17) is 14.2 Å². The van der Waals surface area contributed by atoms with Crippen LogP contribution in [0.5, 0.6) is 17.2 Å². The molecule has 1 amide bonds. The summed E-state index contributed by atoms with van der Waals surface area (Å²) in [5.74, 6) is 1.73. The van der Waals surface area contributed by atoms with E-state index in [1.807, 2.05) is 30.3 Å². The quantitative estimate of drug-likeness (QED) is 0.586. The summed E-state index contributed by atoms with van der Waals surface area (Å²) in [5, 5.41) is 2.79. The third kappa shape index (κ3) is 5.43. The summed E-state index contributed by atoms with van der Waals surface area (Å²) in [7, 11) is 3.29. The van der Waals surface area contributed by atoms with E-state index in [-0.39, 0.29) is 18.3 Å². The van der Waals surface area contributed by atoms with E-state index in [2.05, 4.69) is 10.2 Å². The normalized spacial score (nSPS) is 13.4. The molecule has 0 fully saturated rings. The van der Waals surface area contributed by atoms with Crippen molar-refractivity contribution in [3.05, 3.63) is 88.7 Å². The number of halogens is 1. The monoisotopic (exact) mass is 450 g/mol. The molecule has 0 unspecified atom stereocenters. The first kappa shape index (κ1) is 22.6. The van der Waals surface area contributed by atoms with Crippen molar-refractivity contribution < 1.29 is 23.4 Å². The second-order valence-electron chi connectivity index (χ2n) is 7.83. The van der Waals surface area contributed by atoms with Gasteiger partial charge >= 0.3 is 0 Å². The van der Waals surface area contributed by atoms with Gasteiger partial charge in [0.1, 0.15) is 29.7 Å². The van der Waals surface area contributed by atoms with Gasteiger partial charge in [-0.1, -0.05) is 18.2 Å². The van der Waals surface area contributed by atoms with E-state index < -0.39 is 0 Å². The molecule has 0 saturated heterocycles. The van der Waals surface area contributed by atoms with Crippen molar-refractivity contribution in [3.8, 4) is 17.2 Å². The predicted molar refractivity (Wildman–Crippen MR) is 123 cm³/mol. The van der Waals surface area contributed by atoms with Crippen LogP contribution in [0.1, 0.15) is 27.0 Å². The number of carbonyl (C=O) groups is 1. The molecular formula is C26H27FN2O4. The number of hydrogen-bond acceptors (Lipinski definition) is 5. The van der Waals surface area contributed by atoms with Crippen LogP contribution in [-0.4, -0.2) is 38.2 Å². The van der Waals surface area contributed by atoms with Crippen molar-refractivity contribution in [3.63, 3.8) is 0 Å². The van der Waals surface area contributed by atoms with Crippen molar-refractivity contribution in [2.75, 3.05) is 27.4 Å². The highest BCUT2D eigenvalue weighted by Crippen LogP contribution is 2.29. The maximum Gasteiger partial charge on any atom is 0.251 e. The molecule has 3 aromatic carbocycles. The van der Waals surface area contributed by atoms with Gasteiger partial charge in [0.05, 0.1) is 14.2 Å². The van der Waals surface area contributed by atoms with Gasteiger partial charge in [0, 0.05) is 48.4 Å². The highest BCUT2D eigenvalue weighted by Gasteiger charge is 2.19. The van der Waals surface area contributed by atoms with Crippen LogP contribution in [0.15, 0.2) is 60.7 Å². The molecule has 4 rings (SSSR count). The third-order valence-corrected chi connectivity index (χ3v) is 5.66. The molecule has 1 N–H and O–H groups in total. The largest absolute Gasteiger partial charge is 0.497 e. The lowest BCUT2D eigenvalue weighted by Crippen LogP contribution is -2.26. The van der Waals surface area contributed by atoms with Crippen molar-refractivity contribution >= 4 is 5.91 Å². The van der Waals surface area contributed by atoms with Crippen LogP contribution in [0, 0.1) is 5.82 Å². The molecular weight excluding hydrogens is 423 g/mol. The van der Waals surface area contributed by atoms with E-state index in [1.165, 1.54) is 6.07 Å². The van der Waals surface area contributed by atoms with Crippen molar-refractivity contribution in [1.29, 1.82) is 0 Å². The molecule has 33 heavy (non-hydrogen) atoms. The molecule has 1 aliphatic heterocycles. The molecule has 3 aromatic rings. The van der Waals surface area contributed by atoms with Crippen LogP contribution >= 0.6 is 0 Å². The Morgan fingerprint density at radius 1 is 1.06 bits per heavy atom. The summed E-state index contributed by atoms with van der Waals surface area (Å²) in [4.78, 5) is 14.9. The number of fused-ring (bicyclic) bond motifs is 1. The Kier molecular flexibility index (Phi) is 7.10. The molecule has 7 heteroatoms. The minimum atomic E-state index is -0.336. The highest BCUT2D eigenvalue weighted by molar-refractivity contribution is 5.94. The van der Waals surface area contributed by atoms with Gasteiger partial charge < -0.3 is 19.5 Å². The third-order valence-electron chi connectivity index (χ3n) is 5.66. The fourth-order valence-corrected chi connectivity index (χ4v) is 3.89. The molecule has 0 aliphatic carbocycles. The number of nitrogens with one attached hydrogen (secondary N) is 1. The van der Waals surface area contributed by atoms with E-state index in [0.717, 1.165) is 34.9 Å². The van der Waals surface area contributed by atoms with Crippen LogP contribution in [-0.2, 0) is 19.6 Å². The summed E-state index contributed by atoms with van der Waals surface area (Å²) >= 11 is 0. The molecule has 172 valence electrons. The molecule has 1 aliphatic rings. The van der Waals surface area contributed by atoms with Gasteiger partial charge in [0.25, 0.3) is 5.91 Å². The van der Waals surface area contributed by atoms with Crippen LogP contribution in [0.2, 0.25) is 0 Å². The van der Waals surface area contributed by atoms with Gasteiger partial charge in [-0.3, -0.25) is 9.69 Å². The fourth-order valence-electron chi connectivity index (χ4n) is 3.89. The first-order valence-electron chi connectivity index (χ1n) is 10.8. The van der Waals surface area contributed by atoms with Crippen molar-refractivity contribution in [2.24, 2.45) is 0 Å². The zero-order valence-electron chi connectivity index (χ0n) is 18.8. The number of nitrogens with zero attached hydrogens (tertiary/aromatic N) is 1. The maximum absolute atomic E-state index is 13.8. The Balaban J connectivity index is 1.48. The Morgan fingerprint density at radius 2 is 1.91 bits per heavy atom. The second kappa shape index (κ2) is 10.4. The SMILES string of the molecule is COc1ccc(OC)c(CN2CCOc3ccc(C(=O)NCc4ccccc4F)cc3C2)c1. The molecule has 0 atom stereocenters. The summed E-state index contributed by atoms with van der Waals surface area (Å²) in [6, 6.07) is 17.5. The van der Waals surface area contributed by atoms with Crippen LogP contribution in [0.4, 0.5) is 4.39 Å². The zero-order valence-corrected chi connectivity index (χ0v) is 18.8. The smallest absolute Gasteiger partial charge is 0.251 e. The number of carbonyl (C=O) groups excluding carboxylic acids is 1. The number of benzene rings is 3. The lowest BCUT2D eigenvalue weighted by atomic mass is 10.1. The fraction of sp³-hybridized carbons (Fsp3) is 0.269. The topological polar surface area (TPSA) is 60.0 Å². The molecule has 0 saturated carbocycles. The van der Waals surface area contributed by atoms with Gasteiger partial charge in [0.2, 0.25) is 0 Å². The van der Waals surface area contributed by atoms with E-state index in [1.54, 1.807) is 38.5 Å². The number of methoxy groups -OCH3 is 2. The van der Waals surface area contributed by atoms with Gasteiger partial charge in [-0.25, -0.2) is 4.39 Å². The van der Waals surface area contributed by atoms with Gasteiger partial charge in [0.15, 0.2) is 0 Å². The molecule has 0 spiro atoms. The lowest BCUT2D eigenvalue weighted by molar-refractivity contribution is 0.0950. The molecule has 1 heterocycles. The second-order valence-corrected chi connectivity index (χ2v) is 7.83. The standard InChI is InChI=1S/C26H27FN2O4/c1-31-22-8-10-24(32-2)21(14-22)17-29-11-12-33-25-9-7-18(13-20(25)16-29)26(30)28-15-19-5-3-4-6-23(19)27/h3-10,13-14H,11-12,15-17H2,1-2H3,(H,28,30). The highest BCUT2D eigenvalue weighted by atomic mass is 19.1. The minimum absolute atomic E-state index is 0.126. The molecule has 0 bridgehead atoms. The number of rotatable bonds is 7. The average Bonchev–Trinajstić information content (AvgIpc) is 3.04. The predicted octanol–water partition coefficient (Wildman–Crippen LogP) is 4.17. The number of ether oxygens (including phenoxy) is 3. The van der Waals surface area contributed by atoms with Gasteiger partial charge in [-0.15, -0.1) is 0 Å². The first-order chi connectivity index (χ1) is 16.1. The maximum atomic E-state index is 13.8. The summed E-state index contributed by atoms with van der Waals surface area (Å²) in [5.41, 5.74) is 2.89. The zero-order chi connectivity index (χ0) is 23.2. The Hall–Kier alpha value is -3.58. The minimum Gasteiger partial charge on any atom is -0.497 e. The molecule has 0 aromatic heterocycles. The Labute approximate surface area is 192 Å². The number of hydrogen-bond donors (Lipinski definition) is 1. The van der Waals surface area contributed by atoms with E-state index in [0.29, 0.717) is 30.8 Å². The first-order valence-corrected chi connectivity index (χ1v) is 10.8. The average molecular weight is 451 g/mol. The summed E-state index contributed by atoms with van der Waals surface area (Å²) in [6.45, 7) is 2.65. The van der Waals surface area contributed by atoms with Crippen molar-refractivity contribution in [1.82, 2.24) is 10.2 Å². The van der Waals surface area contributed by atoms with Crippen molar-refractivity contribution in [2.45, 2.75) is 19.6 Å². The van der Waals surface area contributed by atoms with Gasteiger partial charge in [-0.05, 0) is 42.5 Å². The summed E-state index contributed by atoms with van der Waals surface area (Å²) < 4.78 is 30.6. The van der Waals surface area contributed by atoms with E-state index >= 15 is 0 Å². The van der Waals surface area contributed by atoms with Crippen LogP contribution in [0.3, 0.4) is 0 Å². The van der Waals surface area contributed by atoms with E-state index in [9.17, 15) is 9.18 Å². The van der Waals surface area contributed by atoms with Crippen LogP contribution < -0.4 is 19.5 Å². The van der Waals surface area contributed by atoms with Gasteiger partial charge in [-0.2, -0.15) is 0 Å². The Morgan fingerprint density at radius 3 is 2.70 bits per heavy atom. The number of amides is 1. The van der Waals surface area contributed by atoms with Crippen LogP contribution in [0.25, 0.3) is 0 Å². The lowest BCUT2D eigenvalue weighted by Gasteiger charge is -2.21.